The van der Waals surface area contributed by atoms with Gasteiger partial charge in [0, 0.05) is 18.8 Å². The number of carbonyl (C=O) groups excluding carboxylic acids is 1. The lowest BCUT2D eigenvalue weighted by Crippen LogP contribution is -2.24. The summed E-state index contributed by atoms with van der Waals surface area (Å²) >= 11 is 0. The predicted molar refractivity (Wildman–Crippen MR) is 88.4 cm³/mol. The van der Waals surface area contributed by atoms with E-state index in [1.54, 1.807) is 6.07 Å². The summed E-state index contributed by atoms with van der Waals surface area (Å²) in [5.41, 5.74) is -0.0104. The molecule has 2 aromatic carbocycles. The van der Waals surface area contributed by atoms with Gasteiger partial charge in [-0.25, -0.2) is 13.2 Å². The minimum atomic E-state index is -4.16. The van der Waals surface area contributed by atoms with Gasteiger partial charge in [-0.15, -0.1) is 0 Å². The molecule has 3 N–H and O–H groups in total. The van der Waals surface area contributed by atoms with Crippen LogP contribution in [0.3, 0.4) is 0 Å². The average Bonchev–Trinajstić information content (AvgIpc) is 2.54. The zero-order chi connectivity index (χ0) is 17.7. The SMILES string of the molecule is CNC(=O)Nc1cccc(NS(=O)(=O)c2ccccc2[N+](=O)[O-])c1. The van der Waals surface area contributed by atoms with E-state index in [0.29, 0.717) is 5.69 Å². The molecule has 2 rings (SSSR count). The summed E-state index contributed by atoms with van der Waals surface area (Å²) < 4.78 is 27.1. The average molecular weight is 350 g/mol. The van der Waals surface area contributed by atoms with Gasteiger partial charge in [0.15, 0.2) is 4.90 Å². The number of rotatable bonds is 5. The van der Waals surface area contributed by atoms with Gasteiger partial charge in [-0.3, -0.25) is 14.8 Å². The van der Waals surface area contributed by atoms with Crippen molar-refractivity contribution in [3.05, 3.63) is 58.6 Å². The van der Waals surface area contributed by atoms with Gasteiger partial charge < -0.3 is 10.6 Å². The van der Waals surface area contributed by atoms with Crippen molar-refractivity contribution in [3.63, 3.8) is 0 Å². The molecule has 0 radical (unpaired) electrons. The van der Waals surface area contributed by atoms with E-state index in [2.05, 4.69) is 15.4 Å². The fourth-order valence-electron chi connectivity index (χ4n) is 1.90. The van der Waals surface area contributed by atoms with Crippen molar-refractivity contribution in [2.45, 2.75) is 4.90 Å². The van der Waals surface area contributed by atoms with Crippen molar-refractivity contribution >= 4 is 33.1 Å². The van der Waals surface area contributed by atoms with Gasteiger partial charge in [0.1, 0.15) is 0 Å². The minimum absolute atomic E-state index is 0.155. The monoisotopic (exact) mass is 350 g/mol. The number of urea groups is 1. The van der Waals surface area contributed by atoms with Crippen LogP contribution in [-0.4, -0.2) is 26.4 Å². The first-order chi connectivity index (χ1) is 11.3. The quantitative estimate of drug-likeness (QED) is 0.562. The van der Waals surface area contributed by atoms with E-state index in [1.165, 1.54) is 37.4 Å². The smallest absolute Gasteiger partial charge is 0.318 e. The van der Waals surface area contributed by atoms with Crippen LogP contribution in [0.25, 0.3) is 0 Å². The summed E-state index contributed by atoms with van der Waals surface area (Å²) in [7, 11) is -2.72. The van der Waals surface area contributed by atoms with Gasteiger partial charge >= 0.3 is 6.03 Å². The highest BCUT2D eigenvalue weighted by Crippen LogP contribution is 2.26. The van der Waals surface area contributed by atoms with E-state index in [1.807, 2.05) is 0 Å². The van der Waals surface area contributed by atoms with Crippen molar-refractivity contribution in [2.24, 2.45) is 0 Å². The lowest BCUT2D eigenvalue weighted by Gasteiger charge is -2.10. The van der Waals surface area contributed by atoms with Crippen LogP contribution >= 0.6 is 0 Å². The third-order valence-electron chi connectivity index (χ3n) is 2.95. The number of anilines is 2. The largest absolute Gasteiger partial charge is 0.341 e. The van der Waals surface area contributed by atoms with Crippen molar-refractivity contribution in [1.82, 2.24) is 5.32 Å². The zero-order valence-corrected chi connectivity index (χ0v) is 13.3. The predicted octanol–water partition coefficient (Wildman–Crippen LogP) is 2.15. The van der Waals surface area contributed by atoms with Crippen molar-refractivity contribution in [1.29, 1.82) is 0 Å². The molecular weight excluding hydrogens is 336 g/mol. The maximum absolute atomic E-state index is 12.4. The van der Waals surface area contributed by atoms with Crippen molar-refractivity contribution < 1.29 is 18.1 Å². The van der Waals surface area contributed by atoms with Crippen molar-refractivity contribution in [3.8, 4) is 0 Å². The molecule has 0 spiro atoms. The van der Waals surface area contributed by atoms with E-state index < -0.39 is 31.6 Å². The minimum Gasteiger partial charge on any atom is -0.341 e. The number of hydrogen-bond donors (Lipinski definition) is 3. The summed E-state index contributed by atoms with van der Waals surface area (Å²) in [6.45, 7) is 0. The highest BCUT2D eigenvalue weighted by atomic mass is 32.2. The van der Waals surface area contributed by atoms with Crippen LogP contribution in [0, 0.1) is 10.1 Å². The van der Waals surface area contributed by atoms with E-state index in [-0.39, 0.29) is 5.69 Å². The third kappa shape index (κ3) is 3.98. The lowest BCUT2D eigenvalue weighted by atomic mass is 10.3. The maximum atomic E-state index is 12.4. The molecule has 0 bridgehead atoms. The molecule has 2 aromatic rings. The molecule has 0 aliphatic carbocycles. The molecule has 126 valence electrons. The Morgan fingerprint density at radius 3 is 2.42 bits per heavy atom. The Labute approximate surface area is 137 Å². The number of hydrogen-bond acceptors (Lipinski definition) is 5. The summed E-state index contributed by atoms with van der Waals surface area (Å²) in [6.07, 6.45) is 0. The molecule has 0 fully saturated rings. The van der Waals surface area contributed by atoms with Gasteiger partial charge in [-0.2, -0.15) is 0 Å². The second-order valence-electron chi connectivity index (χ2n) is 4.62. The number of para-hydroxylation sites is 1. The van der Waals surface area contributed by atoms with Gasteiger partial charge in [-0.1, -0.05) is 18.2 Å². The molecule has 0 aromatic heterocycles. The first-order valence-electron chi connectivity index (χ1n) is 6.68. The molecule has 24 heavy (non-hydrogen) atoms. The highest BCUT2D eigenvalue weighted by Gasteiger charge is 2.25. The third-order valence-corrected chi connectivity index (χ3v) is 4.38. The number of nitrogens with zero attached hydrogens (tertiary/aromatic N) is 1. The van der Waals surface area contributed by atoms with Crippen LogP contribution in [-0.2, 0) is 10.0 Å². The molecule has 0 heterocycles. The van der Waals surface area contributed by atoms with Crippen LogP contribution in [0.1, 0.15) is 0 Å². The van der Waals surface area contributed by atoms with E-state index in [9.17, 15) is 23.3 Å². The normalized spacial score (nSPS) is 10.7. The molecule has 2 amide bonds. The van der Waals surface area contributed by atoms with Crippen LogP contribution in [0.5, 0.6) is 0 Å². The summed E-state index contributed by atoms with van der Waals surface area (Å²) in [5.74, 6) is 0. The highest BCUT2D eigenvalue weighted by molar-refractivity contribution is 7.92. The van der Waals surface area contributed by atoms with E-state index in [4.69, 9.17) is 0 Å². The summed E-state index contributed by atoms with van der Waals surface area (Å²) in [4.78, 5) is 21.1. The number of amides is 2. The second kappa shape index (κ2) is 6.96. The molecule has 0 atom stereocenters. The zero-order valence-electron chi connectivity index (χ0n) is 12.5. The Morgan fingerprint density at radius 2 is 1.75 bits per heavy atom. The standard InChI is InChI=1S/C14H14N4O5S/c1-15-14(19)16-10-5-4-6-11(9-10)17-24(22,23)13-8-3-2-7-12(13)18(20)21/h2-9,17H,1H3,(H2,15,16,19). The number of nitro benzene ring substituents is 1. The first-order valence-corrected chi connectivity index (χ1v) is 8.17. The summed E-state index contributed by atoms with van der Waals surface area (Å²) in [6, 6.07) is 10.5. The van der Waals surface area contributed by atoms with Crippen LogP contribution in [0.4, 0.5) is 21.9 Å². The second-order valence-corrected chi connectivity index (χ2v) is 6.27. The van der Waals surface area contributed by atoms with Gasteiger partial charge in [0.05, 0.1) is 10.6 Å². The Kier molecular flexibility index (Phi) is 4.99. The molecule has 0 saturated heterocycles. The van der Waals surface area contributed by atoms with E-state index in [0.717, 1.165) is 12.1 Å². The Bertz CT molecular complexity index is 882. The molecule has 9 nitrogen and oxygen atoms in total. The number of carbonyl (C=O) groups is 1. The van der Waals surface area contributed by atoms with Crippen molar-refractivity contribution in [2.75, 3.05) is 17.1 Å². The molecule has 10 heteroatoms. The van der Waals surface area contributed by atoms with Gasteiger partial charge in [0.2, 0.25) is 0 Å². The Hall–Kier alpha value is -3.14. The van der Waals surface area contributed by atoms with E-state index >= 15 is 0 Å². The van der Waals surface area contributed by atoms with Gasteiger partial charge in [-0.05, 0) is 24.3 Å². The maximum Gasteiger partial charge on any atom is 0.318 e. The number of sulfonamides is 1. The lowest BCUT2D eigenvalue weighted by molar-refractivity contribution is -0.387. The molecule has 0 aliphatic rings. The first kappa shape index (κ1) is 17.2. The van der Waals surface area contributed by atoms with Crippen LogP contribution < -0.4 is 15.4 Å². The number of nitro groups is 1. The molecule has 0 saturated carbocycles. The number of nitrogens with one attached hydrogen (secondary N) is 3. The molecule has 0 aliphatic heterocycles. The van der Waals surface area contributed by atoms with Crippen LogP contribution in [0.15, 0.2) is 53.4 Å². The topological polar surface area (TPSA) is 130 Å². The van der Waals surface area contributed by atoms with Gasteiger partial charge in [0.25, 0.3) is 15.7 Å². The Morgan fingerprint density at radius 1 is 1.08 bits per heavy atom. The Balaban J connectivity index is 2.32. The fraction of sp³-hybridized carbons (Fsp3) is 0.0714. The number of benzene rings is 2. The molecule has 0 unspecified atom stereocenters. The summed E-state index contributed by atoms with van der Waals surface area (Å²) in [5, 5.41) is 15.8. The van der Waals surface area contributed by atoms with Crippen LogP contribution in [0.2, 0.25) is 0 Å². The fourth-order valence-corrected chi connectivity index (χ4v) is 3.12. The molecular formula is C14H14N4O5S.